The van der Waals surface area contributed by atoms with Crippen molar-refractivity contribution < 1.29 is 9.47 Å². The van der Waals surface area contributed by atoms with Gasteiger partial charge in [-0.05, 0) is 24.6 Å². The molecule has 0 saturated carbocycles. The third-order valence-electron chi connectivity index (χ3n) is 3.43. The van der Waals surface area contributed by atoms with Crippen LogP contribution in [0.2, 0.25) is 0 Å². The van der Waals surface area contributed by atoms with Crippen LogP contribution in [-0.4, -0.2) is 27.3 Å². The lowest BCUT2D eigenvalue weighted by atomic mass is 10.2. The normalized spacial score (nSPS) is 10.4. The number of hydrogen-bond acceptors (Lipinski definition) is 3. The third kappa shape index (κ3) is 4.80. The average molecular weight is 285 g/mol. The van der Waals surface area contributed by atoms with E-state index >= 15 is 0 Å². The van der Waals surface area contributed by atoms with E-state index in [0.29, 0.717) is 6.61 Å². The zero-order valence-corrected chi connectivity index (χ0v) is 12.8. The SMILES string of the molecule is COc1ccccc1COCCCN(C)c1ccccc1. The van der Waals surface area contributed by atoms with E-state index in [2.05, 4.69) is 36.2 Å². The van der Waals surface area contributed by atoms with Crippen LogP contribution in [0, 0.1) is 0 Å². The summed E-state index contributed by atoms with van der Waals surface area (Å²) in [6.07, 6.45) is 1.00. The molecule has 0 bridgehead atoms. The minimum atomic E-state index is 0.596. The molecule has 0 aromatic heterocycles. The first-order chi connectivity index (χ1) is 10.3. The summed E-state index contributed by atoms with van der Waals surface area (Å²) in [4.78, 5) is 2.24. The van der Waals surface area contributed by atoms with E-state index in [1.807, 2.05) is 30.3 Å². The lowest BCUT2D eigenvalue weighted by Gasteiger charge is -2.19. The fraction of sp³-hybridized carbons (Fsp3) is 0.333. The van der Waals surface area contributed by atoms with Gasteiger partial charge in [-0.15, -0.1) is 0 Å². The summed E-state index contributed by atoms with van der Waals surface area (Å²) in [5, 5.41) is 0. The molecule has 0 aliphatic carbocycles. The molecule has 0 radical (unpaired) electrons. The Morgan fingerprint density at radius 1 is 0.952 bits per heavy atom. The second-order valence-corrected chi connectivity index (χ2v) is 4.98. The van der Waals surface area contributed by atoms with E-state index in [9.17, 15) is 0 Å². The molecular formula is C18H23NO2. The van der Waals surface area contributed by atoms with Gasteiger partial charge < -0.3 is 14.4 Å². The Morgan fingerprint density at radius 2 is 1.67 bits per heavy atom. The van der Waals surface area contributed by atoms with Crippen molar-refractivity contribution in [2.75, 3.05) is 32.2 Å². The number of ether oxygens (including phenoxy) is 2. The minimum Gasteiger partial charge on any atom is -0.496 e. The lowest BCUT2D eigenvalue weighted by molar-refractivity contribution is 0.118. The van der Waals surface area contributed by atoms with Gasteiger partial charge in [0.05, 0.1) is 13.7 Å². The zero-order chi connectivity index (χ0) is 14.9. The second-order valence-electron chi connectivity index (χ2n) is 4.98. The molecule has 2 aromatic carbocycles. The van der Waals surface area contributed by atoms with Crippen LogP contribution in [0.25, 0.3) is 0 Å². The van der Waals surface area contributed by atoms with Crippen LogP contribution in [0.15, 0.2) is 54.6 Å². The fourth-order valence-electron chi connectivity index (χ4n) is 2.22. The highest BCUT2D eigenvalue weighted by atomic mass is 16.5. The van der Waals surface area contributed by atoms with Crippen LogP contribution in [0.1, 0.15) is 12.0 Å². The molecule has 0 N–H and O–H groups in total. The summed E-state index contributed by atoms with van der Waals surface area (Å²) >= 11 is 0. The van der Waals surface area contributed by atoms with Crippen LogP contribution in [0.4, 0.5) is 5.69 Å². The summed E-state index contributed by atoms with van der Waals surface area (Å²) in [6.45, 7) is 2.32. The van der Waals surface area contributed by atoms with Crippen LogP contribution in [0.5, 0.6) is 5.75 Å². The molecule has 0 heterocycles. The van der Waals surface area contributed by atoms with Crippen molar-refractivity contribution in [3.05, 3.63) is 60.2 Å². The van der Waals surface area contributed by atoms with Gasteiger partial charge in [0.15, 0.2) is 0 Å². The van der Waals surface area contributed by atoms with Crippen LogP contribution >= 0.6 is 0 Å². The van der Waals surface area contributed by atoms with Gasteiger partial charge in [0.2, 0.25) is 0 Å². The molecule has 3 heteroatoms. The first-order valence-electron chi connectivity index (χ1n) is 7.27. The van der Waals surface area contributed by atoms with Crippen LogP contribution < -0.4 is 9.64 Å². The number of para-hydroxylation sites is 2. The number of methoxy groups -OCH3 is 1. The highest BCUT2D eigenvalue weighted by molar-refractivity contribution is 5.44. The van der Waals surface area contributed by atoms with Crippen LogP contribution in [0.3, 0.4) is 0 Å². The fourth-order valence-corrected chi connectivity index (χ4v) is 2.22. The Labute approximate surface area is 127 Å². The zero-order valence-electron chi connectivity index (χ0n) is 12.8. The minimum absolute atomic E-state index is 0.596. The number of nitrogens with zero attached hydrogens (tertiary/aromatic N) is 1. The van der Waals surface area contributed by atoms with E-state index in [1.165, 1.54) is 5.69 Å². The molecule has 2 aromatic rings. The number of anilines is 1. The number of benzene rings is 2. The molecule has 0 spiro atoms. The van der Waals surface area contributed by atoms with Crippen molar-refractivity contribution >= 4 is 5.69 Å². The van der Waals surface area contributed by atoms with E-state index in [-0.39, 0.29) is 0 Å². The number of hydrogen-bond donors (Lipinski definition) is 0. The average Bonchev–Trinajstić information content (AvgIpc) is 2.55. The molecule has 3 nitrogen and oxygen atoms in total. The first-order valence-corrected chi connectivity index (χ1v) is 7.27. The molecule has 2 rings (SSSR count). The molecule has 112 valence electrons. The van der Waals surface area contributed by atoms with E-state index in [4.69, 9.17) is 9.47 Å². The monoisotopic (exact) mass is 285 g/mol. The molecule has 0 amide bonds. The molecule has 21 heavy (non-hydrogen) atoms. The summed E-state index contributed by atoms with van der Waals surface area (Å²) in [6, 6.07) is 18.4. The van der Waals surface area contributed by atoms with Crippen molar-refractivity contribution in [3.63, 3.8) is 0 Å². The molecular weight excluding hydrogens is 262 g/mol. The summed E-state index contributed by atoms with van der Waals surface area (Å²) in [5.41, 5.74) is 2.33. The predicted molar refractivity (Wildman–Crippen MR) is 87.0 cm³/mol. The summed E-state index contributed by atoms with van der Waals surface area (Å²) in [7, 11) is 3.79. The van der Waals surface area contributed by atoms with Crippen molar-refractivity contribution in [2.24, 2.45) is 0 Å². The largest absolute Gasteiger partial charge is 0.496 e. The Balaban J connectivity index is 1.68. The van der Waals surface area contributed by atoms with Gasteiger partial charge in [-0.25, -0.2) is 0 Å². The first kappa shape index (κ1) is 15.4. The molecule has 0 aliphatic heterocycles. The van der Waals surface area contributed by atoms with Gasteiger partial charge in [0.1, 0.15) is 5.75 Å². The molecule has 0 aliphatic rings. The van der Waals surface area contributed by atoms with Crippen molar-refractivity contribution in [1.29, 1.82) is 0 Å². The maximum atomic E-state index is 5.74. The maximum absolute atomic E-state index is 5.74. The summed E-state index contributed by atoms with van der Waals surface area (Å²) < 4.78 is 11.1. The maximum Gasteiger partial charge on any atom is 0.124 e. The molecule has 0 unspecified atom stereocenters. The third-order valence-corrected chi connectivity index (χ3v) is 3.43. The Hall–Kier alpha value is -2.00. The second kappa shape index (κ2) is 8.32. The van der Waals surface area contributed by atoms with Crippen molar-refractivity contribution in [1.82, 2.24) is 0 Å². The Kier molecular flexibility index (Phi) is 6.10. The molecule has 0 saturated heterocycles. The van der Waals surface area contributed by atoms with E-state index in [0.717, 1.165) is 30.9 Å². The van der Waals surface area contributed by atoms with Gasteiger partial charge in [-0.1, -0.05) is 36.4 Å². The Morgan fingerprint density at radius 3 is 2.43 bits per heavy atom. The van der Waals surface area contributed by atoms with Gasteiger partial charge in [0, 0.05) is 31.5 Å². The molecule has 0 atom stereocenters. The van der Waals surface area contributed by atoms with E-state index in [1.54, 1.807) is 7.11 Å². The topological polar surface area (TPSA) is 21.7 Å². The highest BCUT2D eigenvalue weighted by Gasteiger charge is 2.02. The van der Waals surface area contributed by atoms with Gasteiger partial charge in [-0.3, -0.25) is 0 Å². The standard InChI is InChI=1S/C18H23NO2/c1-19(17-10-4-3-5-11-17)13-8-14-21-15-16-9-6-7-12-18(16)20-2/h3-7,9-12H,8,13-15H2,1-2H3. The van der Waals surface area contributed by atoms with Crippen molar-refractivity contribution in [3.8, 4) is 5.75 Å². The van der Waals surface area contributed by atoms with Crippen molar-refractivity contribution in [2.45, 2.75) is 13.0 Å². The lowest BCUT2D eigenvalue weighted by Crippen LogP contribution is -2.19. The Bertz CT molecular complexity index is 528. The van der Waals surface area contributed by atoms with E-state index < -0.39 is 0 Å². The smallest absolute Gasteiger partial charge is 0.124 e. The van der Waals surface area contributed by atoms with Crippen LogP contribution in [-0.2, 0) is 11.3 Å². The van der Waals surface area contributed by atoms with Gasteiger partial charge in [-0.2, -0.15) is 0 Å². The highest BCUT2D eigenvalue weighted by Crippen LogP contribution is 2.18. The van der Waals surface area contributed by atoms with Gasteiger partial charge >= 0.3 is 0 Å². The molecule has 0 fully saturated rings. The van der Waals surface area contributed by atoms with Gasteiger partial charge in [0.25, 0.3) is 0 Å². The summed E-state index contributed by atoms with van der Waals surface area (Å²) in [5.74, 6) is 0.888. The quantitative estimate of drug-likeness (QED) is 0.690. The number of rotatable bonds is 8. The predicted octanol–water partition coefficient (Wildman–Crippen LogP) is 3.74.